The van der Waals surface area contributed by atoms with Crippen LogP contribution in [0.25, 0.3) is 0 Å². The average molecular weight is 341 g/mol. The van der Waals surface area contributed by atoms with E-state index in [-0.39, 0.29) is 11.9 Å². The molecule has 1 aliphatic heterocycles. The Bertz CT molecular complexity index is 771. The third-order valence-electron chi connectivity index (χ3n) is 4.50. The van der Waals surface area contributed by atoms with E-state index in [1.54, 1.807) is 29.7 Å². The summed E-state index contributed by atoms with van der Waals surface area (Å²) in [5.41, 5.74) is 1.69. The van der Waals surface area contributed by atoms with E-state index in [1.165, 1.54) is 4.90 Å². The molecule has 1 aliphatic rings. The van der Waals surface area contributed by atoms with E-state index >= 15 is 0 Å². The van der Waals surface area contributed by atoms with Crippen LogP contribution in [0, 0.1) is 6.92 Å². The molecule has 0 radical (unpaired) electrons. The number of aryl methyl sites for hydroxylation is 2. The largest absolute Gasteiger partial charge is 0.323 e. The fraction of sp³-hybridized carbons (Fsp3) is 0.389. The Morgan fingerprint density at radius 2 is 2.04 bits per heavy atom. The lowest BCUT2D eigenvalue weighted by Gasteiger charge is -2.36. The van der Waals surface area contributed by atoms with E-state index in [4.69, 9.17) is 0 Å². The first kappa shape index (κ1) is 17.0. The third-order valence-corrected chi connectivity index (χ3v) is 4.50. The fourth-order valence-corrected chi connectivity index (χ4v) is 3.15. The van der Waals surface area contributed by atoms with Gasteiger partial charge in [-0.2, -0.15) is 5.10 Å². The van der Waals surface area contributed by atoms with Crippen LogP contribution in [0.3, 0.4) is 0 Å². The van der Waals surface area contributed by atoms with E-state index in [2.05, 4.69) is 10.4 Å². The number of aromatic nitrogens is 2. The topological polar surface area (TPSA) is 70.5 Å². The summed E-state index contributed by atoms with van der Waals surface area (Å²) in [6.45, 7) is 2.54. The highest BCUT2D eigenvalue weighted by Crippen LogP contribution is 2.23. The van der Waals surface area contributed by atoms with Gasteiger partial charge in [-0.3, -0.25) is 14.8 Å². The van der Waals surface area contributed by atoms with Crippen LogP contribution >= 0.6 is 0 Å². The molecule has 2 heterocycles. The van der Waals surface area contributed by atoms with Crippen molar-refractivity contribution in [2.45, 2.75) is 25.8 Å². The van der Waals surface area contributed by atoms with Crippen molar-refractivity contribution in [2.75, 3.05) is 23.8 Å². The van der Waals surface area contributed by atoms with Gasteiger partial charge in [-0.15, -0.1) is 0 Å². The van der Waals surface area contributed by atoms with Crippen LogP contribution in [-0.2, 0) is 11.8 Å². The molecule has 3 amide bonds. The molecule has 1 N–H and O–H groups in total. The molecule has 1 aromatic carbocycles. The Balaban J connectivity index is 1.72. The molecule has 1 fully saturated rings. The van der Waals surface area contributed by atoms with Crippen LogP contribution in [-0.4, -0.2) is 46.3 Å². The quantitative estimate of drug-likeness (QED) is 0.932. The van der Waals surface area contributed by atoms with Gasteiger partial charge in [-0.05, 0) is 31.9 Å². The summed E-state index contributed by atoms with van der Waals surface area (Å²) in [4.78, 5) is 28.7. The minimum absolute atomic E-state index is 0.0451. The number of carbonyl (C=O) groups excluding carboxylic acids is 2. The summed E-state index contributed by atoms with van der Waals surface area (Å²) < 4.78 is 1.61. The van der Waals surface area contributed by atoms with Crippen molar-refractivity contribution < 1.29 is 9.59 Å². The highest BCUT2D eigenvalue weighted by Gasteiger charge is 2.34. The molecule has 0 bridgehead atoms. The summed E-state index contributed by atoms with van der Waals surface area (Å²) in [6.07, 6.45) is 1.52. The number of urea groups is 1. The van der Waals surface area contributed by atoms with E-state index < -0.39 is 6.04 Å². The molecule has 0 unspecified atom stereocenters. The van der Waals surface area contributed by atoms with Crippen molar-refractivity contribution in [1.82, 2.24) is 14.7 Å². The smallest absolute Gasteiger partial charge is 0.316 e. The van der Waals surface area contributed by atoms with E-state index in [9.17, 15) is 9.59 Å². The van der Waals surface area contributed by atoms with Crippen LogP contribution in [0.2, 0.25) is 0 Å². The number of para-hydroxylation sites is 1. The lowest BCUT2D eigenvalue weighted by Crippen LogP contribution is -2.54. The second-order valence-electron chi connectivity index (χ2n) is 6.32. The average Bonchev–Trinajstić information content (AvgIpc) is 2.92. The maximum Gasteiger partial charge on any atom is 0.323 e. The molecule has 0 aliphatic carbocycles. The number of anilines is 2. The Labute approximate surface area is 147 Å². The van der Waals surface area contributed by atoms with Crippen LogP contribution in [0.5, 0.6) is 0 Å². The van der Waals surface area contributed by atoms with Gasteiger partial charge in [0.25, 0.3) is 0 Å². The van der Waals surface area contributed by atoms with Gasteiger partial charge in [0.05, 0.1) is 5.69 Å². The van der Waals surface area contributed by atoms with Crippen molar-refractivity contribution in [3.8, 4) is 0 Å². The van der Waals surface area contributed by atoms with Gasteiger partial charge in [-0.1, -0.05) is 18.2 Å². The molecule has 1 saturated heterocycles. The molecule has 1 aromatic heterocycles. The predicted octanol–water partition coefficient (Wildman–Crippen LogP) is 2.39. The molecule has 3 rings (SSSR count). The zero-order chi connectivity index (χ0) is 18.0. The number of amides is 3. The molecule has 1 atom stereocenters. The number of nitrogens with zero attached hydrogens (tertiary/aromatic N) is 4. The monoisotopic (exact) mass is 341 g/mol. The van der Waals surface area contributed by atoms with Crippen molar-refractivity contribution in [2.24, 2.45) is 7.05 Å². The van der Waals surface area contributed by atoms with Gasteiger partial charge in [0.1, 0.15) is 11.9 Å². The lowest BCUT2D eigenvalue weighted by atomic mass is 10.0. The minimum Gasteiger partial charge on any atom is -0.316 e. The van der Waals surface area contributed by atoms with Crippen molar-refractivity contribution >= 4 is 23.4 Å². The van der Waals surface area contributed by atoms with Gasteiger partial charge >= 0.3 is 6.03 Å². The van der Waals surface area contributed by atoms with Gasteiger partial charge in [0.2, 0.25) is 5.91 Å². The lowest BCUT2D eigenvalue weighted by molar-refractivity contribution is -0.123. The van der Waals surface area contributed by atoms with Gasteiger partial charge in [0, 0.05) is 32.4 Å². The maximum atomic E-state index is 12.9. The first-order valence-corrected chi connectivity index (χ1v) is 8.38. The summed E-state index contributed by atoms with van der Waals surface area (Å²) in [5.74, 6) is 0.564. The van der Waals surface area contributed by atoms with Gasteiger partial charge in [-0.25, -0.2) is 4.79 Å². The van der Waals surface area contributed by atoms with E-state index in [0.717, 1.165) is 17.8 Å². The molecule has 0 spiro atoms. The number of hydrogen-bond donors (Lipinski definition) is 1. The Morgan fingerprint density at radius 3 is 2.68 bits per heavy atom. The normalized spacial score (nSPS) is 17.5. The second-order valence-corrected chi connectivity index (χ2v) is 6.32. The maximum absolute atomic E-state index is 12.9. The second kappa shape index (κ2) is 6.96. The van der Waals surface area contributed by atoms with Gasteiger partial charge < -0.3 is 9.80 Å². The zero-order valence-electron chi connectivity index (χ0n) is 14.8. The number of benzene rings is 1. The molecule has 7 nitrogen and oxygen atoms in total. The van der Waals surface area contributed by atoms with E-state index in [1.807, 2.05) is 37.3 Å². The molecular weight excluding hydrogens is 318 g/mol. The van der Waals surface area contributed by atoms with Crippen molar-refractivity contribution in [3.63, 3.8) is 0 Å². The number of nitrogens with one attached hydrogen (secondary N) is 1. The fourth-order valence-electron chi connectivity index (χ4n) is 3.15. The molecule has 2 aromatic rings. The number of rotatable bonds is 3. The number of likely N-dealkylation sites (N-methyl/N-ethyl adjacent to an activating group) is 1. The first-order chi connectivity index (χ1) is 12.0. The van der Waals surface area contributed by atoms with Crippen LogP contribution < -0.4 is 10.2 Å². The molecule has 7 heteroatoms. The molecule has 0 saturated carbocycles. The molecule has 132 valence electrons. The van der Waals surface area contributed by atoms with Crippen LogP contribution in [0.1, 0.15) is 18.5 Å². The Kier molecular flexibility index (Phi) is 4.74. The summed E-state index contributed by atoms with van der Waals surface area (Å²) in [6, 6.07) is 10.6. The molecule has 25 heavy (non-hydrogen) atoms. The standard InChI is InChI=1S/C18H23N5O2/c1-13-12-16(22(3)20-13)19-18(25)21(2)15-10-7-11-23(17(15)24)14-8-5-4-6-9-14/h4-6,8-9,12,15H,7,10-11H2,1-3H3,(H,19,25)/t15-/m1/s1. The summed E-state index contributed by atoms with van der Waals surface area (Å²) >= 11 is 0. The predicted molar refractivity (Wildman–Crippen MR) is 96.5 cm³/mol. The SMILES string of the molecule is Cc1cc(NC(=O)N(C)[C@@H]2CCCN(c3ccccc3)C2=O)n(C)n1. The van der Waals surface area contributed by atoms with Crippen LogP contribution in [0.15, 0.2) is 36.4 Å². The Hall–Kier alpha value is -2.83. The van der Waals surface area contributed by atoms with Gasteiger partial charge in [0.15, 0.2) is 0 Å². The highest BCUT2D eigenvalue weighted by molar-refractivity contribution is 6.01. The van der Waals surface area contributed by atoms with Crippen molar-refractivity contribution in [3.05, 3.63) is 42.1 Å². The molecular formula is C18H23N5O2. The first-order valence-electron chi connectivity index (χ1n) is 8.38. The van der Waals surface area contributed by atoms with Crippen molar-refractivity contribution in [1.29, 1.82) is 0 Å². The number of hydrogen-bond acceptors (Lipinski definition) is 3. The number of carbonyl (C=O) groups is 2. The van der Waals surface area contributed by atoms with E-state index in [0.29, 0.717) is 18.8 Å². The Morgan fingerprint density at radius 1 is 1.32 bits per heavy atom. The third kappa shape index (κ3) is 3.50. The zero-order valence-corrected chi connectivity index (χ0v) is 14.8. The summed E-state index contributed by atoms with van der Waals surface area (Å²) in [7, 11) is 3.43. The number of piperidine rings is 1. The summed E-state index contributed by atoms with van der Waals surface area (Å²) in [5, 5.41) is 7.03. The van der Waals surface area contributed by atoms with Crippen LogP contribution in [0.4, 0.5) is 16.3 Å². The minimum atomic E-state index is -0.469. The highest BCUT2D eigenvalue weighted by atomic mass is 16.2.